The SMILES string of the molecule is CP(C)(=O)Oc1ccc(O)cc1. The van der Waals surface area contributed by atoms with Crippen molar-refractivity contribution in [2.45, 2.75) is 0 Å². The van der Waals surface area contributed by atoms with Gasteiger partial charge in [-0.15, -0.1) is 0 Å². The lowest BCUT2D eigenvalue weighted by Crippen LogP contribution is -1.87. The van der Waals surface area contributed by atoms with E-state index in [1.807, 2.05) is 0 Å². The molecule has 4 heteroatoms. The highest BCUT2D eigenvalue weighted by Gasteiger charge is 2.07. The highest BCUT2D eigenvalue weighted by Crippen LogP contribution is 2.38. The van der Waals surface area contributed by atoms with Gasteiger partial charge in [0.05, 0.1) is 0 Å². The zero-order chi connectivity index (χ0) is 9.19. The van der Waals surface area contributed by atoms with E-state index < -0.39 is 7.37 Å². The molecule has 1 rings (SSSR count). The van der Waals surface area contributed by atoms with Crippen molar-refractivity contribution < 1.29 is 14.2 Å². The first-order valence-corrected chi connectivity index (χ1v) is 6.03. The maximum atomic E-state index is 11.2. The number of hydrogen-bond acceptors (Lipinski definition) is 3. The van der Waals surface area contributed by atoms with Gasteiger partial charge in [0, 0.05) is 13.3 Å². The summed E-state index contributed by atoms with van der Waals surface area (Å²) in [5, 5.41) is 8.93. The summed E-state index contributed by atoms with van der Waals surface area (Å²) in [6.45, 7) is 3.08. The number of hydrogen-bond donors (Lipinski definition) is 1. The van der Waals surface area contributed by atoms with Gasteiger partial charge in [-0.05, 0) is 24.3 Å². The topological polar surface area (TPSA) is 46.5 Å². The number of phenols is 1. The van der Waals surface area contributed by atoms with Crippen LogP contribution in [0.1, 0.15) is 0 Å². The summed E-state index contributed by atoms with van der Waals surface area (Å²) in [5.74, 6) is 0.686. The summed E-state index contributed by atoms with van der Waals surface area (Å²) in [4.78, 5) is 0. The van der Waals surface area contributed by atoms with Gasteiger partial charge in [0.15, 0.2) is 0 Å². The van der Waals surface area contributed by atoms with Crippen LogP contribution in [0.15, 0.2) is 24.3 Å². The van der Waals surface area contributed by atoms with Gasteiger partial charge in [-0.2, -0.15) is 0 Å². The third-order valence-electron chi connectivity index (χ3n) is 1.16. The van der Waals surface area contributed by atoms with Crippen LogP contribution >= 0.6 is 7.37 Å². The fourth-order valence-electron chi connectivity index (χ4n) is 0.761. The molecule has 0 aliphatic rings. The van der Waals surface area contributed by atoms with E-state index in [-0.39, 0.29) is 5.75 Å². The van der Waals surface area contributed by atoms with Crippen LogP contribution in [0.4, 0.5) is 0 Å². The normalized spacial score (nSPS) is 11.2. The minimum atomic E-state index is -2.48. The summed E-state index contributed by atoms with van der Waals surface area (Å²) < 4.78 is 16.3. The van der Waals surface area contributed by atoms with Gasteiger partial charge in [0.25, 0.3) is 0 Å². The van der Waals surface area contributed by atoms with Crippen molar-refractivity contribution in [1.29, 1.82) is 0 Å². The van der Waals surface area contributed by atoms with Crippen molar-refractivity contribution in [2.75, 3.05) is 13.3 Å². The van der Waals surface area contributed by atoms with E-state index in [4.69, 9.17) is 9.63 Å². The van der Waals surface area contributed by atoms with Crippen LogP contribution in [0.3, 0.4) is 0 Å². The van der Waals surface area contributed by atoms with Gasteiger partial charge >= 0.3 is 0 Å². The van der Waals surface area contributed by atoms with E-state index in [0.29, 0.717) is 5.75 Å². The van der Waals surface area contributed by atoms with Crippen molar-refractivity contribution >= 4 is 7.37 Å². The van der Waals surface area contributed by atoms with Crippen molar-refractivity contribution in [1.82, 2.24) is 0 Å². The quantitative estimate of drug-likeness (QED) is 0.721. The molecule has 1 aromatic carbocycles. The summed E-state index contributed by atoms with van der Waals surface area (Å²) in [7, 11) is -2.48. The van der Waals surface area contributed by atoms with E-state index in [1.54, 1.807) is 25.5 Å². The number of phenolic OH excluding ortho intramolecular Hbond substituents is 1. The molecule has 0 fully saturated rings. The molecule has 3 nitrogen and oxygen atoms in total. The number of aromatic hydroxyl groups is 1. The van der Waals surface area contributed by atoms with Crippen LogP contribution in [0, 0.1) is 0 Å². The second-order valence-electron chi connectivity index (χ2n) is 2.84. The predicted molar refractivity (Wildman–Crippen MR) is 48.2 cm³/mol. The first kappa shape index (κ1) is 9.14. The summed E-state index contributed by atoms with van der Waals surface area (Å²) >= 11 is 0. The molecule has 66 valence electrons. The van der Waals surface area contributed by atoms with Gasteiger partial charge < -0.3 is 9.63 Å². The van der Waals surface area contributed by atoms with Crippen LogP contribution in [0.2, 0.25) is 0 Å². The third kappa shape index (κ3) is 2.97. The average molecular weight is 186 g/mol. The Bertz CT molecular complexity index is 299. The Morgan fingerprint density at radius 3 is 2.17 bits per heavy atom. The first-order valence-electron chi connectivity index (χ1n) is 3.51. The van der Waals surface area contributed by atoms with E-state index in [1.165, 1.54) is 12.1 Å². The highest BCUT2D eigenvalue weighted by atomic mass is 31.2. The van der Waals surface area contributed by atoms with E-state index in [2.05, 4.69) is 0 Å². The van der Waals surface area contributed by atoms with E-state index in [0.717, 1.165) is 0 Å². The fourth-order valence-corrected chi connectivity index (χ4v) is 1.39. The molecule has 0 aliphatic carbocycles. The lowest BCUT2D eigenvalue weighted by Gasteiger charge is -2.09. The molecule has 0 radical (unpaired) electrons. The van der Waals surface area contributed by atoms with E-state index >= 15 is 0 Å². The molecular formula is C8H11O3P. The molecule has 1 aromatic rings. The molecule has 0 saturated heterocycles. The summed E-state index contributed by atoms with van der Waals surface area (Å²) in [6.07, 6.45) is 0. The second-order valence-corrected chi connectivity index (χ2v) is 5.52. The highest BCUT2D eigenvalue weighted by molar-refractivity contribution is 7.57. The zero-order valence-corrected chi connectivity index (χ0v) is 7.91. The molecule has 0 unspecified atom stereocenters. The molecular weight excluding hydrogens is 175 g/mol. The Hall–Kier alpha value is -0.950. The predicted octanol–water partition coefficient (Wildman–Crippen LogP) is 2.31. The van der Waals surface area contributed by atoms with Crippen LogP contribution in [0.25, 0.3) is 0 Å². The molecule has 0 saturated carbocycles. The summed E-state index contributed by atoms with van der Waals surface area (Å²) in [6, 6.07) is 6.14. The fraction of sp³-hybridized carbons (Fsp3) is 0.250. The van der Waals surface area contributed by atoms with Gasteiger partial charge in [-0.3, -0.25) is 4.57 Å². The molecule has 12 heavy (non-hydrogen) atoms. The second kappa shape index (κ2) is 3.20. The molecule has 0 aromatic heterocycles. The molecule has 0 aliphatic heterocycles. The van der Waals surface area contributed by atoms with Crippen LogP contribution in [-0.2, 0) is 4.57 Å². The molecule has 0 atom stereocenters. The zero-order valence-electron chi connectivity index (χ0n) is 7.02. The molecule has 1 N–H and O–H groups in total. The summed E-state index contributed by atoms with van der Waals surface area (Å²) in [5.41, 5.74) is 0. The monoisotopic (exact) mass is 186 g/mol. The largest absolute Gasteiger partial charge is 0.508 e. The minimum Gasteiger partial charge on any atom is -0.508 e. The van der Waals surface area contributed by atoms with Crippen molar-refractivity contribution in [3.63, 3.8) is 0 Å². The van der Waals surface area contributed by atoms with Crippen LogP contribution < -0.4 is 4.52 Å². The van der Waals surface area contributed by atoms with Crippen molar-refractivity contribution in [3.05, 3.63) is 24.3 Å². The standard InChI is InChI=1S/C8H11O3P/c1-12(2,10)11-8-5-3-7(9)4-6-8/h3-6,9H,1-2H3. The Balaban J connectivity index is 2.78. The van der Waals surface area contributed by atoms with Crippen molar-refractivity contribution in [2.24, 2.45) is 0 Å². The Morgan fingerprint density at radius 2 is 1.75 bits per heavy atom. The van der Waals surface area contributed by atoms with Gasteiger partial charge in [-0.25, -0.2) is 0 Å². The molecule has 0 spiro atoms. The third-order valence-corrected chi connectivity index (χ3v) is 1.81. The van der Waals surface area contributed by atoms with Crippen LogP contribution in [0.5, 0.6) is 11.5 Å². The Kier molecular flexibility index (Phi) is 2.43. The maximum Gasteiger partial charge on any atom is 0.242 e. The lowest BCUT2D eigenvalue weighted by molar-refractivity contribution is 0.470. The Morgan fingerprint density at radius 1 is 1.25 bits per heavy atom. The van der Waals surface area contributed by atoms with E-state index in [9.17, 15) is 4.57 Å². The Labute approximate surface area is 71.4 Å². The van der Waals surface area contributed by atoms with Crippen LogP contribution in [-0.4, -0.2) is 18.4 Å². The van der Waals surface area contributed by atoms with Gasteiger partial charge in [0.2, 0.25) is 7.37 Å². The average Bonchev–Trinajstić information content (AvgIpc) is 1.91. The maximum absolute atomic E-state index is 11.2. The molecule has 0 amide bonds. The lowest BCUT2D eigenvalue weighted by atomic mass is 10.3. The minimum absolute atomic E-state index is 0.171. The van der Waals surface area contributed by atoms with Crippen molar-refractivity contribution in [3.8, 4) is 11.5 Å². The first-order chi connectivity index (χ1) is 5.47. The van der Waals surface area contributed by atoms with Gasteiger partial charge in [0.1, 0.15) is 11.5 Å². The number of benzene rings is 1. The molecule has 0 bridgehead atoms. The number of rotatable bonds is 2. The molecule has 0 heterocycles. The van der Waals surface area contributed by atoms with Gasteiger partial charge in [-0.1, -0.05) is 0 Å². The smallest absolute Gasteiger partial charge is 0.242 e.